The second-order valence-electron chi connectivity index (χ2n) is 3.73. The van der Waals surface area contributed by atoms with E-state index in [9.17, 15) is 18.0 Å². The van der Waals surface area contributed by atoms with Crippen molar-refractivity contribution in [3.8, 4) is 5.75 Å². The van der Waals surface area contributed by atoms with E-state index in [4.69, 9.17) is 21.4 Å². The van der Waals surface area contributed by atoms with Crippen molar-refractivity contribution in [2.45, 2.75) is 12.3 Å². The molecule has 0 spiro atoms. The average molecular weight is 424 g/mol. The molecule has 0 saturated heterocycles. The maximum absolute atomic E-state index is 12.1. The Hall–Kier alpha value is -0.740. The van der Waals surface area contributed by atoms with E-state index in [1.165, 1.54) is 19.2 Å². The second-order valence-corrected chi connectivity index (χ2v) is 5.30. The molecule has 9 heteroatoms. The lowest BCUT2D eigenvalue weighted by molar-refractivity contribution is -0.201. The number of methoxy groups -OCH3 is 1. The van der Waals surface area contributed by atoms with Gasteiger partial charge >= 0.3 is 6.18 Å². The van der Waals surface area contributed by atoms with E-state index >= 15 is 0 Å². The van der Waals surface area contributed by atoms with Gasteiger partial charge in [-0.2, -0.15) is 13.2 Å². The van der Waals surface area contributed by atoms with Gasteiger partial charge in [-0.3, -0.25) is 4.79 Å². The zero-order chi connectivity index (χ0) is 15.5. The Balaban J connectivity index is 2.85. The molecule has 0 heterocycles. The monoisotopic (exact) mass is 423 g/mol. The van der Waals surface area contributed by atoms with Crippen LogP contribution in [0.4, 0.5) is 13.2 Å². The fourth-order valence-corrected chi connectivity index (χ4v) is 1.88. The highest BCUT2D eigenvalue weighted by Gasteiger charge is 2.38. The van der Waals surface area contributed by atoms with Crippen molar-refractivity contribution in [2.75, 3.05) is 13.7 Å². The van der Waals surface area contributed by atoms with Crippen molar-refractivity contribution in [1.29, 1.82) is 0 Å². The van der Waals surface area contributed by atoms with E-state index in [1.807, 2.05) is 27.9 Å². The highest BCUT2D eigenvalue weighted by atomic mass is 127. The SMILES string of the molecule is COc1cc(I)c(Cl)cc1C(=O)NCC(O)C(F)(F)F. The van der Waals surface area contributed by atoms with E-state index in [-0.39, 0.29) is 16.3 Å². The van der Waals surface area contributed by atoms with Crippen molar-refractivity contribution in [3.05, 3.63) is 26.3 Å². The summed E-state index contributed by atoms with van der Waals surface area (Å²) in [6.45, 7) is -0.949. The second kappa shape index (κ2) is 6.81. The molecule has 0 bridgehead atoms. The predicted molar refractivity (Wildman–Crippen MR) is 75.1 cm³/mol. The van der Waals surface area contributed by atoms with Gasteiger partial charge < -0.3 is 15.2 Å². The molecule has 4 nitrogen and oxygen atoms in total. The molecular weight excluding hydrogens is 413 g/mol. The molecule has 0 aliphatic carbocycles. The van der Waals surface area contributed by atoms with Crippen LogP contribution in [0.2, 0.25) is 5.02 Å². The molecular formula is C11H10ClF3INO3. The summed E-state index contributed by atoms with van der Waals surface area (Å²) in [4.78, 5) is 11.8. The molecule has 1 aromatic carbocycles. The number of benzene rings is 1. The summed E-state index contributed by atoms with van der Waals surface area (Å²) >= 11 is 7.77. The molecule has 20 heavy (non-hydrogen) atoms. The minimum absolute atomic E-state index is 0.00714. The van der Waals surface area contributed by atoms with Gasteiger partial charge in [0.05, 0.1) is 24.2 Å². The van der Waals surface area contributed by atoms with Crippen LogP contribution in [-0.4, -0.2) is 36.9 Å². The Labute approximate surface area is 131 Å². The number of nitrogens with one attached hydrogen (secondary N) is 1. The molecule has 0 aromatic heterocycles. The average Bonchev–Trinajstić information content (AvgIpc) is 2.36. The quantitative estimate of drug-likeness (QED) is 0.732. The number of carbonyl (C=O) groups excluding carboxylic acids is 1. The Morgan fingerprint density at radius 2 is 2.15 bits per heavy atom. The van der Waals surface area contributed by atoms with Crippen LogP contribution < -0.4 is 10.1 Å². The molecule has 0 radical (unpaired) electrons. The summed E-state index contributed by atoms with van der Waals surface area (Å²) in [5.41, 5.74) is -0.00714. The number of alkyl halides is 3. The van der Waals surface area contributed by atoms with Crippen molar-refractivity contribution < 1.29 is 27.8 Å². The first-order valence-corrected chi connectivity index (χ1v) is 6.68. The number of amides is 1. The van der Waals surface area contributed by atoms with Crippen LogP contribution in [0.3, 0.4) is 0 Å². The van der Waals surface area contributed by atoms with E-state index in [0.29, 0.717) is 3.57 Å². The minimum atomic E-state index is -4.79. The van der Waals surface area contributed by atoms with Gasteiger partial charge in [-0.25, -0.2) is 0 Å². The Morgan fingerprint density at radius 3 is 2.65 bits per heavy atom. The number of aliphatic hydroxyl groups excluding tert-OH is 1. The Bertz CT molecular complexity index is 510. The molecule has 0 fully saturated rings. The summed E-state index contributed by atoms with van der Waals surface area (Å²) < 4.78 is 41.9. The molecule has 1 rings (SSSR count). The lowest BCUT2D eigenvalue weighted by Gasteiger charge is -2.16. The van der Waals surface area contributed by atoms with Gasteiger partial charge in [0.25, 0.3) is 5.91 Å². The fourth-order valence-electron chi connectivity index (χ4n) is 1.28. The van der Waals surface area contributed by atoms with E-state index < -0.39 is 24.7 Å². The zero-order valence-corrected chi connectivity index (χ0v) is 13.0. The summed E-state index contributed by atoms with van der Waals surface area (Å²) in [5, 5.41) is 11.1. The number of hydrogen-bond acceptors (Lipinski definition) is 3. The van der Waals surface area contributed by atoms with Crippen LogP contribution in [0.5, 0.6) is 5.75 Å². The van der Waals surface area contributed by atoms with Crippen LogP contribution in [0.1, 0.15) is 10.4 Å². The maximum Gasteiger partial charge on any atom is 0.416 e. The molecule has 1 atom stereocenters. The lowest BCUT2D eigenvalue weighted by atomic mass is 10.2. The molecule has 0 aliphatic heterocycles. The van der Waals surface area contributed by atoms with Gasteiger partial charge in [-0.1, -0.05) is 11.6 Å². The molecule has 2 N–H and O–H groups in total. The third-order valence-electron chi connectivity index (χ3n) is 2.32. The molecule has 0 saturated carbocycles. The Morgan fingerprint density at radius 1 is 1.55 bits per heavy atom. The predicted octanol–water partition coefficient (Wildman–Crippen LogP) is 2.61. The van der Waals surface area contributed by atoms with E-state index in [0.717, 1.165) is 0 Å². The molecule has 112 valence electrons. The molecule has 0 aliphatic rings. The number of aliphatic hydroxyl groups is 1. The largest absolute Gasteiger partial charge is 0.496 e. The number of ether oxygens (including phenoxy) is 1. The van der Waals surface area contributed by atoms with Gasteiger partial charge in [0.1, 0.15) is 5.75 Å². The molecule has 1 unspecified atom stereocenters. The van der Waals surface area contributed by atoms with E-state index in [1.54, 1.807) is 0 Å². The standard InChI is InChI=1S/C11H10ClF3INO3/c1-20-8-3-7(16)6(12)2-5(8)10(19)17-4-9(18)11(13,14)15/h2-3,9,18H,4H2,1H3,(H,17,19). The van der Waals surface area contributed by atoms with Crippen LogP contribution in [0.25, 0.3) is 0 Å². The van der Waals surface area contributed by atoms with E-state index in [2.05, 4.69) is 0 Å². The summed E-state index contributed by atoms with van der Waals surface area (Å²) in [6, 6.07) is 2.77. The van der Waals surface area contributed by atoms with Crippen LogP contribution in [0.15, 0.2) is 12.1 Å². The van der Waals surface area contributed by atoms with Gasteiger partial charge in [0.15, 0.2) is 6.10 Å². The van der Waals surface area contributed by atoms with Crippen LogP contribution >= 0.6 is 34.2 Å². The highest BCUT2D eigenvalue weighted by molar-refractivity contribution is 14.1. The normalized spacial score (nSPS) is 12.9. The van der Waals surface area contributed by atoms with Gasteiger partial charge in [0.2, 0.25) is 0 Å². The maximum atomic E-state index is 12.1. The van der Waals surface area contributed by atoms with Gasteiger partial charge in [-0.15, -0.1) is 0 Å². The van der Waals surface area contributed by atoms with Crippen molar-refractivity contribution in [3.63, 3.8) is 0 Å². The zero-order valence-electron chi connectivity index (χ0n) is 10.1. The summed E-state index contributed by atoms with van der Waals surface area (Å²) in [7, 11) is 1.32. The molecule has 1 amide bonds. The topological polar surface area (TPSA) is 58.6 Å². The van der Waals surface area contributed by atoms with Crippen LogP contribution in [-0.2, 0) is 0 Å². The fraction of sp³-hybridized carbons (Fsp3) is 0.364. The first-order chi connectivity index (χ1) is 9.16. The number of carbonyl (C=O) groups is 1. The van der Waals surface area contributed by atoms with Gasteiger partial charge in [0, 0.05) is 3.57 Å². The first-order valence-electron chi connectivity index (χ1n) is 5.22. The highest BCUT2D eigenvalue weighted by Crippen LogP contribution is 2.28. The number of halogens is 5. The minimum Gasteiger partial charge on any atom is -0.496 e. The molecule has 1 aromatic rings. The number of rotatable bonds is 4. The van der Waals surface area contributed by atoms with Crippen LogP contribution in [0, 0.1) is 3.57 Å². The summed E-state index contributed by atoms with van der Waals surface area (Å²) in [5.74, 6) is -0.638. The Kier molecular flexibility index (Phi) is 5.90. The van der Waals surface area contributed by atoms with Crippen molar-refractivity contribution in [2.24, 2.45) is 0 Å². The smallest absolute Gasteiger partial charge is 0.416 e. The van der Waals surface area contributed by atoms with Crippen molar-refractivity contribution in [1.82, 2.24) is 5.32 Å². The number of hydrogen-bond donors (Lipinski definition) is 2. The lowest BCUT2D eigenvalue weighted by Crippen LogP contribution is -2.40. The van der Waals surface area contributed by atoms with Crippen molar-refractivity contribution >= 4 is 40.1 Å². The summed E-state index contributed by atoms with van der Waals surface area (Å²) in [6.07, 6.45) is -7.42. The van der Waals surface area contributed by atoms with Gasteiger partial charge in [-0.05, 0) is 34.7 Å². The first kappa shape index (κ1) is 17.3. The third-order valence-corrected chi connectivity index (χ3v) is 3.84. The third kappa shape index (κ3) is 4.38.